The topological polar surface area (TPSA) is 15.3 Å². The van der Waals surface area contributed by atoms with Gasteiger partial charge < -0.3 is 5.32 Å². The van der Waals surface area contributed by atoms with Crippen LogP contribution in [0.15, 0.2) is 28.7 Å². The minimum atomic E-state index is 0.539. The number of halogens is 1. The highest BCUT2D eigenvalue weighted by Gasteiger charge is 2.34. The van der Waals surface area contributed by atoms with Crippen LogP contribution in [0.2, 0.25) is 0 Å². The molecule has 1 aromatic rings. The molecular formula is C17H25BrN2. The fourth-order valence-corrected chi connectivity index (χ4v) is 3.60. The van der Waals surface area contributed by atoms with Crippen LogP contribution in [0.3, 0.4) is 0 Å². The maximum absolute atomic E-state index is 3.55. The van der Waals surface area contributed by atoms with Crippen LogP contribution in [0.25, 0.3) is 0 Å². The number of piperidine rings is 1. The van der Waals surface area contributed by atoms with Crippen molar-refractivity contribution in [1.29, 1.82) is 0 Å². The van der Waals surface area contributed by atoms with Crippen molar-refractivity contribution in [3.8, 4) is 0 Å². The SMILES string of the molecule is CC(c1ccc(Br)cc1)N(CC1CCCNC1)C1CC1. The zero-order valence-electron chi connectivity index (χ0n) is 12.3. The van der Waals surface area contributed by atoms with E-state index in [-0.39, 0.29) is 0 Å². The molecule has 2 unspecified atom stereocenters. The molecule has 0 radical (unpaired) electrons. The van der Waals surface area contributed by atoms with E-state index in [1.807, 2.05) is 0 Å². The summed E-state index contributed by atoms with van der Waals surface area (Å²) in [5.41, 5.74) is 1.45. The average Bonchev–Trinajstić information content (AvgIpc) is 3.30. The van der Waals surface area contributed by atoms with Gasteiger partial charge in [0.2, 0.25) is 0 Å². The highest BCUT2D eigenvalue weighted by atomic mass is 79.9. The molecule has 1 aromatic carbocycles. The highest BCUT2D eigenvalue weighted by molar-refractivity contribution is 9.10. The van der Waals surface area contributed by atoms with E-state index < -0.39 is 0 Å². The van der Waals surface area contributed by atoms with Crippen LogP contribution in [0.5, 0.6) is 0 Å². The molecule has 2 nitrogen and oxygen atoms in total. The number of nitrogens with one attached hydrogen (secondary N) is 1. The van der Waals surface area contributed by atoms with Gasteiger partial charge in [-0.1, -0.05) is 28.1 Å². The molecule has 3 heteroatoms. The summed E-state index contributed by atoms with van der Waals surface area (Å²) in [7, 11) is 0. The predicted molar refractivity (Wildman–Crippen MR) is 87.9 cm³/mol. The molecule has 1 N–H and O–H groups in total. The lowest BCUT2D eigenvalue weighted by molar-refractivity contribution is 0.154. The van der Waals surface area contributed by atoms with Gasteiger partial charge in [-0.3, -0.25) is 4.90 Å². The van der Waals surface area contributed by atoms with Gasteiger partial charge in [0.1, 0.15) is 0 Å². The van der Waals surface area contributed by atoms with Gasteiger partial charge in [0.25, 0.3) is 0 Å². The molecule has 1 saturated heterocycles. The van der Waals surface area contributed by atoms with E-state index in [1.165, 1.54) is 55.4 Å². The quantitative estimate of drug-likeness (QED) is 0.874. The first-order chi connectivity index (χ1) is 9.74. The van der Waals surface area contributed by atoms with E-state index in [2.05, 4.69) is 57.3 Å². The maximum atomic E-state index is 3.55. The Labute approximate surface area is 131 Å². The van der Waals surface area contributed by atoms with E-state index in [9.17, 15) is 0 Å². The lowest BCUT2D eigenvalue weighted by Gasteiger charge is -2.34. The predicted octanol–water partition coefficient (Wildman–Crippen LogP) is 3.97. The Kier molecular flexibility index (Phi) is 4.79. The van der Waals surface area contributed by atoms with Crippen LogP contribution < -0.4 is 5.32 Å². The van der Waals surface area contributed by atoms with Gasteiger partial charge in [0.15, 0.2) is 0 Å². The first kappa shape index (κ1) is 14.6. The molecule has 1 aliphatic carbocycles. The summed E-state index contributed by atoms with van der Waals surface area (Å²) in [5, 5.41) is 3.55. The molecule has 0 amide bonds. The fourth-order valence-electron chi connectivity index (χ4n) is 3.34. The third-order valence-electron chi connectivity index (χ3n) is 4.73. The number of rotatable bonds is 5. The van der Waals surface area contributed by atoms with Crippen LogP contribution >= 0.6 is 15.9 Å². The normalized spacial score (nSPS) is 24.9. The molecule has 20 heavy (non-hydrogen) atoms. The van der Waals surface area contributed by atoms with Crippen molar-refractivity contribution < 1.29 is 0 Å². The van der Waals surface area contributed by atoms with Gasteiger partial charge in [0.05, 0.1) is 0 Å². The molecule has 2 aliphatic rings. The molecule has 3 rings (SSSR count). The van der Waals surface area contributed by atoms with Gasteiger partial charge in [-0.25, -0.2) is 0 Å². The molecule has 0 bridgehead atoms. The molecule has 110 valence electrons. The summed E-state index contributed by atoms with van der Waals surface area (Å²) in [4.78, 5) is 2.75. The van der Waals surface area contributed by atoms with Crippen molar-refractivity contribution in [3.63, 3.8) is 0 Å². The molecule has 0 spiro atoms. The van der Waals surface area contributed by atoms with Crippen molar-refractivity contribution in [3.05, 3.63) is 34.3 Å². The second-order valence-electron chi connectivity index (χ2n) is 6.37. The lowest BCUT2D eigenvalue weighted by Crippen LogP contribution is -2.40. The van der Waals surface area contributed by atoms with Crippen LogP contribution in [0.1, 0.15) is 44.2 Å². The number of hydrogen-bond donors (Lipinski definition) is 1. The molecular weight excluding hydrogens is 312 g/mol. The number of hydrogen-bond acceptors (Lipinski definition) is 2. The van der Waals surface area contributed by atoms with Crippen molar-refractivity contribution in [2.45, 2.75) is 44.7 Å². The van der Waals surface area contributed by atoms with Gasteiger partial charge in [-0.05, 0) is 69.3 Å². The highest BCUT2D eigenvalue weighted by Crippen LogP contribution is 2.35. The fraction of sp³-hybridized carbons (Fsp3) is 0.647. The van der Waals surface area contributed by atoms with Crippen molar-refractivity contribution in [2.24, 2.45) is 5.92 Å². The van der Waals surface area contributed by atoms with E-state index in [1.54, 1.807) is 0 Å². The minimum Gasteiger partial charge on any atom is -0.316 e. The van der Waals surface area contributed by atoms with Gasteiger partial charge in [-0.15, -0.1) is 0 Å². The summed E-state index contributed by atoms with van der Waals surface area (Å²) >= 11 is 3.53. The Balaban J connectivity index is 1.67. The summed E-state index contributed by atoms with van der Waals surface area (Å²) < 4.78 is 1.17. The molecule has 2 atom stereocenters. The third kappa shape index (κ3) is 3.63. The standard InChI is InChI=1S/C17H25BrN2/c1-13(15-4-6-16(18)7-5-15)20(17-8-9-17)12-14-3-2-10-19-11-14/h4-7,13-14,17,19H,2-3,8-12H2,1H3. The zero-order chi connectivity index (χ0) is 13.9. The zero-order valence-corrected chi connectivity index (χ0v) is 13.9. The van der Waals surface area contributed by atoms with E-state index in [0.29, 0.717) is 6.04 Å². The Morgan fingerprint density at radius 1 is 1.25 bits per heavy atom. The molecule has 0 aromatic heterocycles. The largest absolute Gasteiger partial charge is 0.316 e. The monoisotopic (exact) mass is 336 g/mol. The van der Waals surface area contributed by atoms with Crippen molar-refractivity contribution >= 4 is 15.9 Å². The van der Waals surface area contributed by atoms with Crippen molar-refractivity contribution in [2.75, 3.05) is 19.6 Å². The minimum absolute atomic E-state index is 0.539. The van der Waals surface area contributed by atoms with Crippen molar-refractivity contribution in [1.82, 2.24) is 10.2 Å². The molecule has 2 fully saturated rings. The van der Waals surface area contributed by atoms with Crippen LogP contribution in [-0.2, 0) is 0 Å². The average molecular weight is 337 g/mol. The third-order valence-corrected chi connectivity index (χ3v) is 5.26. The maximum Gasteiger partial charge on any atom is 0.0322 e. The van der Waals surface area contributed by atoms with Crippen LogP contribution in [-0.4, -0.2) is 30.6 Å². The lowest BCUT2D eigenvalue weighted by atomic mass is 9.97. The van der Waals surface area contributed by atoms with E-state index >= 15 is 0 Å². The van der Waals surface area contributed by atoms with Crippen LogP contribution in [0, 0.1) is 5.92 Å². The summed E-state index contributed by atoms with van der Waals surface area (Å²) in [5.74, 6) is 0.835. The van der Waals surface area contributed by atoms with Gasteiger partial charge in [0, 0.05) is 23.1 Å². The first-order valence-corrected chi connectivity index (χ1v) is 8.75. The Hall–Kier alpha value is -0.380. The van der Waals surface area contributed by atoms with Crippen LogP contribution in [0.4, 0.5) is 0 Å². The summed E-state index contributed by atoms with van der Waals surface area (Å²) in [6.45, 7) is 6.05. The smallest absolute Gasteiger partial charge is 0.0322 e. The first-order valence-electron chi connectivity index (χ1n) is 7.96. The summed E-state index contributed by atoms with van der Waals surface area (Å²) in [6.07, 6.45) is 5.52. The van der Waals surface area contributed by atoms with Gasteiger partial charge >= 0.3 is 0 Å². The Bertz CT molecular complexity index is 421. The Morgan fingerprint density at radius 3 is 2.60 bits per heavy atom. The van der Waals surface area contributed by atoms with E-state index in [4.69, 9.17) is 0 Å². The number of nitrogens with zero attached hydrogens (tertiary/aromatic N) is 1. The Morgan fingerprint density at radius 2 is 2.00 bits per heavy atom. The molecule has 1 heterocycles. The summed E-state index contributed by atoms with van der Waals surface area (Å²) in [6, 6.07) is 10.2. The second kappa shape index (κ2) is 6.59. The van der Waals surface area contributed by atoms with Gasteiger partial charge in [-0.2, -0.15) is 0 Å². The molecule has 1 aliphatic heterocycles. The molecule has 1 saturated carbocycles. The second-order valence-corrected chi connectivity index (χ2v) is 7.28. The number of benzene rings is 1. The van der Waals surface area contributed by atoms with E-state index in [0.717, 1.165) is 12.0 Å².